The van der Waals surface area contributed by atoms with Gasteiger partial charge in [-0.05, 0) is 31.0 Å². The highest BCUT2D eigenvalue weighted by Gasteiger charge is 2.17. The summed E-state index contributed by atoms with van der Waals surface area (Å²) in [5, 5.41) is 12.4. The normalized spacial score (nSPS) is 18.7. The molecule has 0 bridgehead atoms. The Hall–Kier alpha value is -1.79. The zero-order valence-electron chi connectivity index (χ0n) is 11.5. The number of nitrogens with zero attached hydrogens (tertiary/aromatic N) is 1. The number of alkyl halides is 1. The number of rotatable bonds is 6. The first-order chi connectivity index (χ1) is 10.1. The number of carboxylic acid groups (broad SMARTS) is 1. The summed E-state index contributed by atoms with van der Waals surface area (Å²) in [7, 11) is 0. The van der Waals surface area contributed by atoms with E-state index in [-0.39, 0.29) is 23.4 Å². The van der Waals surface area contributed by atoms with Gasteiger partial charge in [0, 0.05) is 18.8 Å². The Morgan fingerprint density at radius 3 is 3.00 bits per heavy atom. The molecule has 0 aliphatic carbocycles. The van der Waals surface area contributed by atoms with Crippen molar-refractivity contribution in [3.8, 4) is 0 Å². The summed E-state index contributed by atoms with van der Waals surface area (Å²) in [5.41, 5.74) is 6.71. The number of carboxylic acids is 1. The van der Waals surface area contributed by atoms with Crippen molar-refractivity contribution in [3.63, 3.8) is 0 Å². The molecule has 1 aliphatic rings. The lowest BCUT2D eigenvalue weighted by Crippen LogP contribution is -2.19. The van der Waals surface area contributed by atoms with Gasteiger partial charge in [-0.1, -0.05) is 0 Å². The SMILES string of the molecule is NC(CCl)=Nc1ccc(NCC2CCCO2)c(C(=O)O)c1. The van der Waals surface area contributed by atoms with Gasteiger partial charge in [-0.25, -0.2) is 9.79 Å². The first-order valence-electron chi connectivity index (χ1n) is 6.72. The van der Waals surface area contributed by atoms with Crippen LogP contribution in [0.15, 0.2) is 23.2 Å². The number of amidine groups is 1. The number of ether oxygens (including phenoxy) is 1. The van der Waals surface area contributed by atoms with Crippen LogP contribution in [-0.2, 0) is 4.74 Å². The summed E-state index contributed by atoms with van der Waals surface area (Å²) in [4.78, 5) is 15.4. The summed E-state index contributed by atoms with van der Waals surface area (Å²) in [6, 6.07) is 4.85. The van der Waals surface area contributed by atoms with E-state index >= 15 is 0 Å². The fraction of sp³-hybridized carbons (Fsp3) is 0.429. The third-order valence-corrected chi connectivity index (χ3v) is 3.46. The van der Waals surface area contributed by atoms with Crippen LogP contribution >= 0.6 is 11.6 Å². The number of carbonyl (C=O) groups is 1. The minimum Gasteiger partial charge on any atom is -0.478 e. The number of hydrogen-bond donors (Lipinski definition) is 3. The second-order valence-corrected chi connectivity index (χ2v) is 5.06. The standard InChI is InChI=1S/C14H18ClN3O3/c15-7-13(16)18-9-3-4-12(11(6-9)14(19)20)17-8-10-2-1-5-21-10/h3-4,6,10,17H,1-2,5,7-8H2,(H2,16,18)(H,19,20). The van der Waals surface area contributed by atoms with Crippen molar-refractivity contribution >= 4 is 34.8 Å². The molecule has 1 aliphatic heterocycles. The second-order valence-electron chi connectivity index (χ2n) is 4.79. The number of hydrogen-bond acceptors (Lipinski definition) is 4. The summed E-state index contributed by atoms with van der Waals surface area (Å²) >= 11 is 5.56. The average molecular weight is 312 g/mol. The zero-order valence-corrected chi connectivity index (χ0v) is 12.3. The van der Waals surface area contributed by atoms with Crippen LogP contribution in [0.5, 0.6) is 0 Å². The Bertz CT molecular complexity index is 542. The van der Waals surface area contributed by atoms with Crippen LogP contribution in [0.2, 0.25) is 0 Å². The van der Waals surface area contributed by atoms with Crippen molar-refractivity contribution in [2.45, 2.75) is 18.9 Å². The molecule has 21 heavy (non-hydrogen) atoms. The van der Waals surface area contributed by atoms with E-state index in [1.807, 2.05) is 0 Å². The van der Waals surface area contributed by atoms with E-state index in [2.05, 4.69) is 10.3 Å². The highest BCUT2D eigenvalue weighted by molar-refractivity contribution is 6.28. The molecule has 0 aromatic heterocycles. The lowest BCUT2D eigenvalue weighted by molar-refractivity contribution is 0.0697. The Balaban J connectivity index is 2.14. The fourth-order valence-corrected chi connectivity index (χ4v) is 2.22. The Kier molecular flexibility index (Phi) is 5.41. The molecular weight excluding hydrogens is 294 g/mol. The lowest BCUT2D eigenvalue weighted by atomic mass is 10.1. The number of nitrogens with one attached hydrogen (secondary N) is 1. The van der Waals surface area contributed by atoms with Crippen LogP contribution < -0.4 is 11.1 Å². The molecule has 0 spiro atoms. The fourth-order valence-electron chi connectivity index (χ4n) is 2.16. The van der Waals surface area contributed by atoms with Crippen molar-refractivity contribution in [1.29, 1.82) is 0 Å². The zero-order chi connectivity index (χ0) is 15.2. The first kappa shape index (κ1) is 15.6. The Labute approximate surface area is 128 Å². The number of halogens is 1. The number of benzene rings is 1. The summed E-state index contributed by atoms with van der Waals surface area (Å²) in [6.07, 6.45) is 2.17. The minimum atomic E-state index is -1.02. The second kappa shape index (κ2) is 7.28. The molecule has 6 nitrogen and oxygen atoms in total. The van der Waals surface area contributed by atoms with Crippen LogP contribution in [0.1, 0.15) is 23.2 Å². The van der Waals surface area contributed by atoms with Gasteiger partial charge in [0.25, 0.3) is 0 Å². The number of aliphatic imine (C=N–C) groups is 1. The van der Waals surface area contributed by atoms with Gasteiger partial charge in [0.15, 0.2) is 0 Å². The maximum atomic E-state index is 11.3. The predicted molar refractivity (Wildman–Crippen MR) is 82.9 cm³/mol. The van der Waals surface area contributed by atoms with E-state index in [0.29, 0.717) is 17.9 Å². The van der Waals surface area contributed by atoms with Gasteiger partial charge >= 0.3 is 5.97 Å². The van der Waals surface area contributed by atoms with Gasteiger partial charge in [-0.2, -0.15) is 0 Å². The predicted octanol–water partition coefficient (Wildman–Crippen LogP) is 2.20. The number of nitrogens with two attached hydrogens (primary N) is 1. The number of anilines is 1. The molecule has 114 valence electrons. The molecule has 0 saturated carbocycles. The summed E-state index contributed by atoms with van der Waals surface area (Å²) in [5.74, 6) is -0.680. The molecule has 1 heterocycles. The molecule has 1 unspecified atom stereocenters. The van der Waals surface area contributed by atoms with E-state index in [1.54, 1.807) is 12.1 Å². The van der Waals surface area contributed by atoms with Gasteiger partial charge in [0.05, 0.1) is 23.2 Å². The average Bonchev–Trinajstić information content (AvgIpc) is 2.98. The van der Waals surface area contributed by atoms with Crippen molar-refractivity contribution in [3.05, 3.63) is 23.8 Å². The lowest BCUT2D eigenvalue weighted by Gasteiger charge is -2.14. The molecule has 4 N–H and O–H groups in total. The Morgan fingerprint density at radius 1 is 1.57 bits per heavy atom. The first-order valence-corrected chi connectivity index (χ1v) is 7.25. The molecule has 1 atom stereocenters. The van der Waals surface area contributed by atoms with Crippen LogP contribution in [0.25, 0.3) is 0 Å². The monoisotopic (exact) mass is 311 g/mol. The highest BCUT2D eigenvalue weighted by Crippen LogP contribution is 2.23. The molecular formula is C14H18ClN3O3. The van der Waals surface area contributed by atoms with Crippen molar-refractivity contribution in [2.75, 3.05) is 24.3 Å². The van der Waals surface area contributed by atoms with Gasteiger partial charge in [0.1, 0.15) is 5.84 Å². The van der Waals surface area contributed by atoms with Gasteiger partial charge in [-0.3, -0.25) is 0 Å². The van der Waals surface area contributed by atoms with E-state index in [9.17, 15) is 9.90 Å². The maximum Gasteiger partial charge on any atom is 0.337 e. The molecule has 2 rings (SSSR count). The van der Waals surface area contributed by atoms with E-state index < -0.39 is 5.97 Å². The molecule has 1 saturated heterocycles. The Morgan fingerprint density at radius 2 is 2.38 bits per heavy atom. The topological polar surface area (TPSA) is 96.9 Å². The smallest absolute Gasteiger partial charge is 0.337 e. The highest BCUT2D eigenvalue weighted by atomic mass is 35.5. The van der Waals surface area contributed by atoms with Crippen LogP contribution in [-0.4, -0.2) is 42.0 Å². The number of aromatic carboxylic acids is 1. The van der Waals surface area contributed by atoms with E-state index in [4.69, 9.17) is 22.1 Å². The van der Waals surface area contributed by atoms with Crippen LogP contribution in [0.3, 0.4) is 0 Å². The summed E-state index contributed by atoms with van der Waals surface area (Å²) < 4.78 is 5.50. The molecule has 0 radical (unpaired) electrons. The summed E-state index contributed by atoms with van der Waals surface area (Å²) in [6.45, 7) is 1.36. The van der Waals surface area contributed by atoms with Gasteiger partial charge in [-0.15, -0.1) is 11.6 Å². The molecule has 1 fully saturated rings. The maximum absolute atomic E-state index is 11.3. The molecule has 1 aromatic carbocycles. The van der Waals surface area contributed by atoms with Crippen molar-refractivity contribution < 1.29 is 14.6 Å². The van der Waals surface area contributed by atoms with Crippen LogP contribution in [0, 0.1) is 0 Å². The minimum absolute atomic E-state index is 0.0986. The van der Waals surface area contributed by atoms with E-state index in [0.717, 1.165) is 19.4 Å². The molecule has 0 amide bonds. The largest absolute Gasteiger partial charge is 0.478 e. The van der Waals surface area contributed by atoms with Gasteiger partial charge in [0.2, 0.25) is 0 Å². The third-order valence-electron chi connectivity index (χ3n) is 3.19. The van der Waals surface area contributed by atoms with E-state index in [1.165, 1.54) is 6.07 Å². The molecule has 7 heteroatoms. The molecule has 1 aromatic rings. The van der Waals surface area contributed by atoms with Crippen molar-refractivity contribution in [2.24, 2.45) is 10.7 Å². The van der Waals surface area contributed by atoms with Gasteiger partial charge < -0.3 is 20.9 Å². The third kappa shape index (κ3) is 4.34. The van der Waals surface area contributed by atoms with Crippen molar-refractivity contribution in [1.82, 2.24) is 0 Å². The quantitative estimate of drug-likeness (QED) is 0.425. The van der Waals surface area contributed by atoms with Crippen LogP contribution in [0.4, 0.5) is 11.4 Å².